The van der Waals surface area contributed by atoms with E-state index in [4.69, 9.17) is 0 Å². The molecule has 0 aromatic heterocycles. The number of para-hydroxylation sites is 2. The maximum absolute atomic E-state index is 3.68. The molecule has 2 nitrogen and oxygen atoms in total. The maximum atomic E-state index is 3.68. The lowest BCUT2D eigenvalue weighted by Gasteiger charge is -2.27. The van der Waals surface area contributed by atoms with Gasteiger partial charge in [0.1, 0.15) is 0 Å². The van der Waals surface area contributed by atoms with E-state index in [0.717, 1.165) is 0 Å². The summed E-state index contributed by atoms with van der Waals surface area (Å²) in [6.07, 6.45) is 2.72. The molecule has 4 rings (SSSR count). The molecule has 0 amide bonds. The number of hydrogen-bond acceptors (Lipinski definition) is 3. The molecule has 2 aliphatic rings. The van der Waals surface area contributed by atoms with Gasteiger partial charge in [0, 0.05) is 16.3 Å². The zero-order valence-electron chi connectivity index (χ0n) is 13.0. The summed E-state index contributed by atoms with van der Waals surface area (Å²) in [5, 5.41) is 3.68. The third kappa shape index (κ3) is 2.64. The fraction of sp³-hybridized carbons (Fsp3) is 0.368. The van der Waals surface area contributed by atoms with Crippen LogP contribution in [-0.4, -0.2) is 24.5 Å². The summed E-state index contributed by atoms with van der Waals surface area (Å²) in [5.41, 5.74) is 4.00. The molecule has 3 heteroatoms. The Hall–Kier alpha value is -1.45. The number of nitrogens with zero attached hydrogens (tertiary/aromatic N) is 1. The van der Waals surface area contributed by atoms with Gasteiger partial charge in [0.15, 0.2) is 0 Å². The van der Waals surface area contributed by atoms with E-state index in [1.54, 1.807) is 0 Å². The van der Waals surface area contributed by atoms with E-state index in [1.807, 2.05) is 11.8 Å². The molecule has 0 spiro atoms. The van der Waals surface area contributed by atoms with Crippen molar-refractivity contribution in [3.05, 3.63) is 48.0 Å². The lowest BCUT2D eigenvalue weighted by Crippen LogP contribution is -2.24. The van der Waals surface area contributed by atoms with Gasteiger partial charge in [0.25, 0.3) is 0 Å². The number of hydrogen-bond donors (Lipinski definition) is 1. The van der Waals surface area contributed by atoms with Crippen molar-refractivity contribution in [2.24, 2.45) is 0 Å². The molecular formula is C19H22N2S. The van der Waals surface area contributed by atoms with Crippen molar-refractivity contribution in [1.29, 1.82) is 0 Å². The van der Waals surface area contributed by atoms with Crippen LogP contribution in [0.5, 0.6) is 0 Å². The number of fused-ring (bicyclic) bond motifs is 2. The molecule has 1 unspecified atom stereocenters. The van der Waals surface area contributed by atoms with E-state index < -0.39 is 0 Å². The van der Waals surface area contributed by atoms with Crippen LogP contribution in [0.2, 0.25) is 0 Å². The highest BCUT2D eigenvalue weighted by Crippen LogP contribution is 2.46. The monoisotopic (exact) mass is 310 g/mol. The highest BCUT2D eigenvalue weighted by atomic mass is 32.2. The van der Waals surface area contributed by atoms with Crippen molar-refractivity contribution in [2.45, 2.75) is 35.5 Å². The first-order valence-electron chi connectivity index (χ1n) is 8.20. The number of likely N-dealkylation sites (tertiary alicyclic amines) is 1. The van der Waals surface area contributed by atoms with E-state index in [1.165, 1.54) is 59.2 Å². The number of rotatable bonds is 3. The van der Waals surface area contributed by atoms with Crippen LogP contribution >= 0.6 is 11.8 Å². The molecule has 2 aromatic carbocycles. The normalized spacial score (nSPS) is 18.4. The molecule has 114 valence electrons. The van der Waals surface area contributed by atoms with Crippen LogP contribution < -0.4 is 5.32 Å². The Morgan fingerprint density at radius 2 is 1.82 bits per heavy atom. The van der Waals surface area contributed by atoms with Gasteiger partial charge < -0.3 is 10.2 Å². The molecule has 1 saturated heterocycles. The second kappa shape index (κ2) is 5.98. The minimum Gasteiger partial charge on any atom is -0.353 e. The van der Waals surface area contributed by atoms with Gasteiger partial charge in [-0.2, -0.15) is 0 Å². The Morgan fingerprint density at radius 1 is 1.05 bits per heavy atom. The minimum atomic E-state index is 0.561. The van der Waals surface area contributed by atoms with Gasteiger partial charge in [0.05, 0.1) is 11.4 Å². The van der Waals surface area contributed by atoms with Crippen LogP contribution in [0.4, 0.5) is 11.4 Å². The predicted molar refractivity (Wildman–Crippen MR) is 94.4 cm³/mol. The summed E-state index contributed by atoms with van der Waals surface area (Å²) < 4.78 is 0. The van der Waals surface area contributed by atoms with Gasteiger partial charge in [-0.15, -0.1) is 0 Å². The van der Waals surface area contributed by atoms with E-state index >= 15 is 0 Å². The standard InChI is InChI=1S/C19H22N2S/c1-14(13-21-11-4-5-12-21)15-7-6-10-18-19(15)20-16-8-2-3-9-17(16)22-18/h2-3,6-10,14,20H,4-5,11-13H2,1H3. The van der Waals surface area contributed by atoms with Crippen LogP contribution in [-0.2, 0) is 0 Å². The number of nitrogens with one attached hydrogen (secondary N) is 1. The van der Waals surface area contributed by atoms with Crippen molar-refractivity contribution in [2.75, 3.05) is 25.0 Å². The molecule has 1 fully saturated rings. The van der Waals surface area contributed by atoms with Crippen LogP contribution in [0.25, 0.3) is 0 Å². The Balaban J connectivity index is 1.62. The highest BCUT2D eigenvalue weighted by Gasteiger charge is 2.22. The summed E-state index contributed by atoms with van der Waals surface area (Å²) in [6.45, 7) is 6.07. The van der Waals surface area contributed by atoms with Gasteiger partial charge in [-0.25, -0.2) is 0 Å². The van der Waals surface area contributed by atoms with Crippen LogP contribution in [0.3, 0.4) is 0 Å². The van der Waals surface area contributed by atoms with Gasteiger partial charge in [-0.3, -0.25) is 0 Å². The topological polar surface area (TPSA) is 15.3 Å². The smallest absolute Gasteiger partial charge is 0.0562 e. The first kappa shape index (κ1) is 14.2. The lowest BCUT2D eigenvalue weighted by atomic mass is 9.98. The average molecular weight is 310 g/mol. The van der Waals surface area contributed by atoms with E-state index in [0.29, 0.717) is 5.92 Å². The van der Waals surface area contributed by atoms with Gasteiger partial charge in [-0.05, 0) is 55.6 Å². The van der Waals surface area contributed by atoms with Crippen molar-refractivity contribution in [1.82, 2.24) is 4.90 Å². The van der Waals surface area contributed by atoms with Crippen molar-refractivity contribution in [3.63, 3.8) is 0 Å². The third-order valence-electron chi connectivity index (χ3n) is 4.69. The summed E-state index contributed by atoms with van der Waals surface area (Å²) in [6, 6.07) is 15.3. The van der Waals surface area contributed by atoms with Crippen LogP contribution in [0.1, 0.15) is 31.2 Å². The van der Waals surface area contributed by atoms with E-state index in [-0.39, 0.29) is 0 Å². The summed E-state index contributed by atoms with van der Waals surface area (Å²) in [7, 11) is 0. The fourth-order valence-corrected chi connectivity index (χ4v) is 4.57. The second-order valence-corrected chi connectivity index (χ2v) is 7.44. The molecular weight excluding hydrogens is 288 g/mol. The van der Waals surface area contributed by atoms with Crippen LogP contribution in [0.15, 0.2) is 52.3 Å². The molecule has 1 atom stereocenters. The molecule has 0 bridgehead atoms. The van der Waals surface area contributed by atoms with Crippen LogP contribution in [0, 0.1) is 0 Å². The first-order valence-corrected chi connectivity index (χ1v) is 9.02. The Labute approximate surface area is 136 Å². The fourth-order valence-electron chi connectivity index (χ4n) is 3.54. The zero-order chi connectivity index (χ0) is 14.9. The number of benzene rings is 2. The van der Waals surface area contributed by atoms with E-state index in [2.05, 4.69) is 59.6 Å². The Morgan fingerprint density at radius 3 is 2.68 bits per heavy atom. The molecule has 0 saturated carbocycles. The number of anilines is 2. The summed E-state index contributed by atoms with van der Waals surface area (Å²) in [5.74, 6) is 0.561. The second-order valence-electron chi connectivity index (χ2n) is 6.35. The van der Waals surface area contributed by atoms with Crippen molar-refractivity contribution < 1.29 is 0 Å². The summed E-state index contributed by atoms with van der Waals surface area (Å²) in [4.78, 5) is 5.28. The third-order valence-corrected chi connectivity index (χ3v) is 5.82. The van der Waals surface area contributed by atoms with Gasteiger partial charge in [0.2, 0.25) is 0 Å². The van der Waals surface area contributed by atoms with Gasteiger partial charge >= 0.3 is 0 Å². The maximum Gasteiger partial charge on any atom is 0.0562 e. The largest absolute Gasteiger partial charge is 0.353 e. The molecule has 0 aliphatic carbocycles. The highest BCUT2D eigenvalue weighted by molar-refractivity contribution is 7.99. The first-order chi connectivity index (χ1) is 10.8. The lowest BCUT2D eigenvalue weighted by molar-refractivity contribution is 0.321. The molecule has 22 heavy (non-hydrogen) atoms. The SMILES string of the molecule is CC(CN1CCCC1)c1cccc2c1Nc1ccccc1S2. The Bertz CT molecular complexity index is 677. The van der Waals surface area contributed by atoms with Crippen molar-refractivity contribution >= 4 is 23.1 Å². The molecule has 1 N–H and O–H groups in total. The molecule has 2 aliphatic heterocycles. The zero-order valence-corrected chi connectivity index (χ0v) is 13.8. The average Bonchev–Trinajstić information content (AvgIpc) is 3.05. The quantitative estimate of drug-likeness (QED) is 0.725. The minimum absolute atomic E-state index is 0.561. The van der Waals surface area contributed by atoms with Gasteiger partial charge in [-0.1, -0.05) is 43.0 Å². The molecule has 0 radical (unpaired) electrons. The van der Waals surface area contributed by atoms with Crippen molar-refractivity contribution in [3.8, 4) is 0 Å². The van der Waals surface area contributed by atoms with E-state index in [9.17, 15) is 0 Å². The predicted octanol–water partition coefficient (Wildman–Crippen LogP) is 5.09. The molecule has 2 heterocycles. The Kier molecular flexibility index (Phi) is 3.85. The molecule has 2 aromatic rings. The summed E-state index contributed by atoms with van der Waals surface area (Å²) >= 11 is 1.88.